The molecule has 0 N–H and O–H groups in total. The van der Waals surface area contributed by atoms with Crippen LogP contribution in [0.4, 0.5) is 0 Å². The molecule has 0 saturated heterocycles. The number of methoxy groups -OCH3 is 1. The summed E-state index contributed by atoms with van der Waals surface area (Å²) in [5, 5.41) is 8.58. The fraction of sp³-hybridized carbons (Fsp3) is 0.500. The second kappa shape index (κ2) is 2.35. The van der Waals surface area contributed by atoms with Gasteiger partial charge in [-0.1, -0.05) is 0 Å². The zero-order valence-corrected chi connectivity index (χ0v) is 4.53. The average molecular weight is 112 g/mol. The highest BCUT2D eigenvalue weighted by Crippen LogP contribution is 1.98. The fourth-order valence-electron chi connectivity index (χ4n) is 0.397. The van der Waals surface area contributed by atoms with Gasteiger partial charge in [0.2, 0.25) is 0 Å². The van der Waals surface area contributed by atoms with E-state index in [-0.39, 0.29) is 0 Å². The second-order valence-corrected chi connectivity index (χ2v) is 1.30. The average Bonchev–Trinajstić information content (AvgIpc) is 2.19. The van der Waals surface area contributed by atoms with E-state index >= 15 is 0 Å². The van der Waals surface area contributed by atoms with Crippen molar-refractivity contribution in [1.82, 2.24) is 5.01 Å². The Morgan fingerprint density at radius 1 is 1.88 bits per heavy atom. The molecule has 0 aromatic rings. The molecule has 1 aliphatic rings. The highest BCUT2D eigenvalue weighted by Gasteiger charge is 2.09. The first-order valence-electron chi connectivity index (χ1n) is 2.18. The molecule has 1 rings (SSSR count). The smallest absolute Gasteiger partial charge is 0.362 e. The molecule has 0 radical (unpaired) electrons. The largest absolute Gasteiger partial charge is 0.445 e. The predicted molar refractivity (Wildman–Crippen MR) is 26.4 cm³/mol. The third-order valence-corrected chi connectivity index (χ3v) is 0.685. The molecule has 4 nitrogen and oxygen atoms in total. The zero-order valence-electron chi connectivity index (χ0n) is 4.53. The highest BCUT2D eigenvalue weighted by molar-refractivity contribution is 4.72. The van der Waals surface area contributed by atoms with Crippen molar-refractivity contribution in [2.75, 3.05) is 13.8 Å². The Hall–Kier alpha value is -0.990. The van der Waals surface area contributed by atoms with Gasteiger partial charge in [0.05, 0.1) is 0 Å². The quantitative estimate of drug-likeness (QED) is 0.489. The first-order valence-corrected chi connectivity index (χ1v) is 2.18. The number of hydrogen-bond donors (Lipinski definition) is 0. The van der Waals surface area contributed by atoms with Crippen LogP contribution in [0.15, 0.2) is 16.5 Å². The van der Waals surface area contributed by atoms with E-state index in [1.165, 1.54) is 0 Å². The molecule has 0 aromatic heterocycles. The Morgan fingerprint density at radius 3 is 3.25 bits per heavy atom. The Labute approximate surface area is 47.4 Å². The lowest BCUT2D eigenvalue weighted by Gasteiger charge is -1.99. The fourth-order valence-corrected chi connectivity index (χ4v) is 0.397. The minimum absolute atomic E-state index is 0.441. The molecular formula is C4H6N3O+. The van der Waals surface area contributed by atoms with E-state index in [0.29, 0.717) is 6.73 Å². The lowest BCUT2D eigenvalue weighted by atomic mass is 10.9. The van der Waals surface area contributed by atoms with Crippen LogP contribution in [0.5, 0.6) is 0 Å². The van der Waals surface area contributed by atoms with Gasteiger partial charge in [0.25, 0.3) is 0 Å². The van der Waals surface area contributed by atoms with Crippen LogP contribution in [0.25, 0.3) is 0 Å². The molecule has 0 amide bonds. The SMILES string of the molecule is COCN1C=[C+]N=N1. The molecule has 0 atom stereocenters. The lowest BCUT2D eigenvalue weighted by molar-refractivity contribution is 0.0968. The van der Waals surface area contributed by atoms with Crippen LogP contribution >= 0.6 is 0 Å². The van der Waals surface area contributed by atoms with Crippen LogP contribution in [-0.2, 0) is 4.74 Å². The van der Waals surface area contributed by atoms with Crippen molar-refractivity contribution in [3.8, 4) is 0 Å². The molecule has 4 heteroatoms. The van der Waals surface area contributed by atoms with Crippen molar-refractivity contribution in [1.29, 1.82) is 0 Å². The molecule has 0 aliphatic carbocycles. The number of hydrogen-bond acceptors (Lipinski definition) is 4. The van der Waals surface area contributed by atoms with Crippen LogP contribution in [0.3, 0.4) is 0 Å². The first kappa shape index (κ1) is 5.15. The Kier molecular flexibility index (Phi) is 1.51. The van der Waals surface area contributed by atoms with Gasteiger partial charge in [0, 0.05) is 7.11 Å². The Morgan fingerprint density at radius 2 is 2.75 bits per heavy atom. The monoisotopic (exact) mass is 112 g/mol. The topological polar surface area (TPSA) is 37.2 Å². The molecule has 0 unspecified atom stereocenters. The first-order chi connectivity index (χ1) is 3.93. The minimum Gasteiger partial charge on any atom is -0.362 e. The van der Waals surface area contributed by atoms with E-state index in [0.717, 1.165) is 0 Å². The molecule has 0 saturated carbocycles. The highest BCUT2D eigenvalue weighted by atomic mass is 16.5. The summed E-state index contributed by atoms with van der Waals surface area (Å²) >= 11 is 0. The summed E-state index contributed by atoms with van der Waals surface area (Å²) in [7, 11) is 1.60. The van der Waals surface area contributed by atoms with Gasteiger partial charge in [-0.3, -0.25) is 0 Å². The van der Waals surface area contributed by atoms with E-state index in [1.807, 2.05) is 0 Å². The normalized spacial score (nSPS) is 14.9. The van der Waals surface area contributed by atoms with Crippen molar-refractivity contribution in [2.24, 2.45) is 10.3 Å². The van der Waals surface area contributed by atoms with Crippen LogP contribution in [0.1, 0.15) is 0 Å². The molecule has 1 heterocycles. The van der Waals surface area contributed by atoms with Crippen molar-refractivity contribution in [3.05, 3.63) is 12.4 Å². The zero-order chi connectivity index (χ0) is 5.82. The summed E-state index contributed by atoms with van der Waals surface area (Å²) in [6, 6.07) is 0. The van der Waals surface area contributed by atoms with E-state index in [4.69, 9.17) is 4.74 Å². The van der Waals surface area contributed by atoms with Crippen LogP contribution in [0.2, 0.25) is 0 Å². The third-order valence-electron chi connectivity index (χ3n) is 0.685. The van der Waals surface area contributed by atoms with Gasteiger partial charge in [-0.15, -0.1) is 0 Å². The van der Waals surface area contributed by atoms with Gasteiger partial charge in [0.15, 0.2) is 0 Å². The molecule has 42 valence electrons. The number of rotatable bonds is 2. The lowest BCUT2D eigenvalue weighted by Crippen LogP contribution is -2.09. The molecule has 0 spiro atoms. The van der Waals surface area contributed by atoms with Gasteiger partial charge >= 0.3 is 12.4 Å². The molecular weight excluding hydrogens is 106 g/mol. The van der Waals surface area contributed by atoms with Crippen LogP contribution in [-0.4, -0.2) is 18.8 Å². The van der Waals surface area contributed by atoms with Crippen LogP contribution < -0.4 is 0 Å². The summed E-state index contributed by atoms with van der Waals surface area (Å²) in [6.45, 7) is 0.441. The standard InChI is InChI=1S/C4H6N3O/c1-8-4-7-3-2-5-6-7/h3H,4H2,1H3/q+1. The number of nitrogens with zero attached hydrogens (tertiary/aromatic N) is 3. The molecule has 1 aliphatic heterocycles. The summed E-state index contributed by atoms with van der Waals surface area (Å²) in [6.07, 6.45) is 4.15. The molecule has 0 fully saturated rings. The maximum absolute atomic E-state index is 4.73. The Balaban J connectivity index is 2.27. The minimum atomic E-state index is 0.441. The summed E-state index contributed by atoms with van der Waals surface area (Å²) in [4.78, 5) is 0. The number of ether oxygens (including phenoxy) is 1. The van der Waals surface area contributed by atoms with E-state index in [1.54, 1.807) is 18.3 Å². The van der Waals surface area contributed by atoms with Crippen LogP contribution in [0, 0.1) is 6.20 Å². The molecule has 0 bridgehead atoms. The predicted octanol–water partition coefficient (Wildman–Crippen LogP) is 0.547. The van der Waals surface area contributed by atoms with E-state index < -0.39 is 0 Å². The van der Waals surface area contributed by atoms with Crippen molar-refractivity contribution in [3.63, 3.8) is 0 Å². The van der Waals surface area contributed by atoms with Crippen molar-refractivity contribution >= 4 is 0 Å². The summed E-state index contributed by atoms with van der Waals surface area (Å²) in [5.41, 5.74) is 0. The molecule has 8 heavy (non-hydrogen) atoms. The maximum Gasteiger partial charge on any atom is 0.445 e. The van der Waals surface area contributed by atoms with Crippen molar-refractivity contribution < 1.29 is 4.74 Å². The summed E-state index contributed by atoms with van der Waals surface area (Å²) in [5.74, 6) is 0. The Bertz CT molecular complexity index is 108. The van der Waals surface area contributed by atoms with Gasteiger partial charge in [-0.2, -0.15) is 5.01 Å². The van der Waals surface area contributed by atoms with Gasteiger partial charge in [-0.05, 0) is 5.22 Å². The van der Waals surface area contributed by atoms with Gasteiger partial charge < -0.3 is 4.74 Å². The molecule has 0 aromatic carbocycles. The maximum atomic E-state index is 4.73. The van der Waals surface area contributed by atoms with Crippen molar-refractivity contribution in [2.45, 2.75) is 0 Å². The van der Waals surface area contributed by atoms with Gasteiger partial charge in [-0.25, -0.2) is 0 Å². The third kappa shape index (κ3) is 0.992. The van der Waals surface area contributed by atoms with E-state index in [9.17, 15) is 0 Å². The second-order valence-electron chi connectivity index (χ2n) is 1.30. The summed E-state index contributed by atoms with van der Waals surface area (Å²) < 4.78 is 4.73. The van der Waals surface area contributed by atoms with E-state index in [2.05, 4.69) is 16.5 Å². The van der Waals surface area contributed by atoms with Gasteiger partial charge in [0.1, 0.15) is 11.8 Å².